The Morgan fingerprint density at radius 2 is 0.536 bits per heavy atom. The smallest absolute Gasteiger partial charge is 0.0178 e. The van der Waals surface area contributed by atoms with Gasteiger partial charge in [0.05, 0.1) is 0 Å². The molecule has 0 spiro atoms. The molecule has 0 aliphatic heterocycles. The summed E-state index contributed by atoms with van der Waals surface area (Å²) in [6.45, 7) is 8.00. The summed E-state index contributed by atoms with van der Waals surface area (Å²) in [6, 6.07) is 38.5. The van der Waals surface area contributed by atoms with Gasteiger partial charge in [-0.15, -0.1) is 0 Å². The molecule has 0 bridgehead atoms. The maximum absolute atomic E-state index is 2.26. The van der Waals surface area contributed by atoms with E-state index in [0.29, 0.717) is 0 Å². The first kappa shape index (κ1) is 21.2. The lowest BCUT2D eigenvalue weighted by molar-refractivity contribution is 1.50. The average Bonchev–Trinajstić information content (AvgIpc) is 2.83. The van der Waals surface area contributed by atoms with Crippen molar-refractivity contribution in [2.45, 2.75) is 27.7 Å². The van der Waals surface area contributed by atoms with Gasteiger partial charge in [0.15, 0.2) is 0 Å². The normalized spacial score (nSPS) is 9.43. The van der Waals surface area contributed by atoms with Crippen molar-refractivity contribution >= 4 is 0 Å². The van der Waals surface area contributed by atoms with Crippen LogP contribution in [0, 0.1) is 0 Å². The maximum Gasteiger partial charge on any atom is -0.0178 e. The fourth-order valence-electron chi connectivity index (χ4n) is 3.02. The van der Waals surface area contributed by atoms with Gasteiger partial charge in [0.1, 0.15) is 0 Å². The summed E-state index contributed by atoms with van der Waals surface area (Å²) in [5.41, 5.74) is 7.48. The molecule has 28 heavy (non-hydrogen) atoms. The molecular weight excluding hydrogens is 336 g/mol. The minimum Gasteiger partial charge on any atom is -0.0683 e. The predicted octanol–water partition coefficient (Wildman–Crippen LogP) is 8.74. The van der Waals surface area contributed by atoms with Gasteiger partial charge in [-0.3, -0.25) is 0 Å². The van der Waals surface area contributed by atoms with Gasteiger partial charge in [-0.05, 0) is 45.5 Å². The molecule has 0 atom stereocenters. The summed E-state index contributed by atoms with van der Waals surface area (Å²) in [4.78, 5) is 0. The first-order valence-corrected chi connectivity index (χ1v) is 10.2. The van der Waals surface area contributed by atoms with E-state index in [0.717, 1.165) is 0 Å². The fraction of sp³-hybridized carbons (Fsp3) is 0.143. The Labute approximate surface area is 170 Å². The summed E-state index contributed by atoms with van der Waals surface area (Å²) < 4.78 is 0. The van der Waals surface area contributed by atoms with Crippen molar-refractivity contribution in [1.29, 1.82) is 0 Å². The van der Waals surface area contributed by atoms with Gasteiger partial charge in [-0.2, -0.15) is 0 Å². The predicted molar refractivity (Wildman–Crippen MR) is 125 cm³/mol. The van der Waals surface area contributed by atoms with Crippen LogP contribution in [0.3, 0.4) is 0 Å². The molecule has 0 aliphatic rings. The van der Waals surface area contributed by atoms with Crippen molar-refractivity contribution in [1.82, 2.24) is 0 Å². The lowest BCUT2D eigenvalue weighted by atomic mass is 9.96. The summed E-state index contributed by atoms with van der Waals surface area (Å²) in [5, 5.41) is 0. The maximum atomic E-state index is 2.26. The van der Waals surface area contributed by atoms with Gasteiger partial charge in [0, 0.05) is 0 Å². The highest BCUT2D eigenvalue weighted by Crippen LogP contribution is 2.29. The van der Waals surface area contributed by atoms with Crippen molar-refractivity contribution in [3.63, 3.8) is 0 Å². The monoisotopic (exact) mass is 366 g/mol. The number of hydrogen-bond acceptors (Lipinski definition) is 0. The second-order valence-corrected chi connectivity index (χ2v) is 5.89. The van der Waals surface area contributed by atoms with Crippen LogP contribution >= 0.6 is 0 Å². The molecule has 4 rings (SSSR count). The van der Waals surface area contributed by atoms with Crippen LogP contribution in [0.1, 0.15) is 27.7 Å². The molecule has 0 unspecified atom stereocenters. The zero-order chi connectivity index (χ0) is 20.2. The van der Waals surface area contributed by atoms with E-state index < -0.39 is 0 Å². The van der Waals surface area contributed by atoms with Crippen LogP contribution in [0.4, 0.5) is 0 Å². The van der Waals surface area contributed by atoms with E-state index in [1.165, 1.54) is 33.4 Å². The SMILES string of the molecule is CC.CC.c1ccc(-c2cccc(-c3cccc(-c4ccccc4)c3)c2)cc1. The zero-order valence-corrected chi connectivity index (χ0v) is 17.4. The van der Waals surface area contributed by atoms with Crippen LogP contribution in [0.25, 0.3) is 33.4 Å². The van der Waals surface area contributed by atoms with Crippen LogP contribution in [-0.4, -0.2) is 0 Å². The molecule has 142 valence electrons. The molecule has 0 nitrogen and oxygen atoms in total. The summed E-state index contributed by atoms with van der Waals surface area (Å²) in [7, 11) is 0. The van der Waals surface area contributed by atoms with E-state index in [4.69, 9.17) is 0 Å². The second kappa shape index (κ2) is 11.6. The van der Waals surface area contributed by atoms with E-state index >= 15 is 0 Å². The van der Waals surface area contributed by atoms with Crippen LogP contribution < -0.4 is 0 Å². The highest BCUT2D eigenvalue weighted by atomic mass is 14.1. The van der Waals surface area contributed by atoms with Gasteiger partial charge in [-0.1, -0.05) is 125 Å². The first-order chi connectivity index (χ1) is 13.9. The van der Waals surface area contributed by atoms with Crippen LogP contribution in [0.15, 0.2) is 109 Å². The summed E-state index contributed by atoms with van der Waals surface area (Å²) in [5.74, 6) is 0. The lowest BCUT2D eigenvalue weighted by Gasteiger charge is -2.08. The van der Waals surface area contributed by atoms with E-state index in [1.54, 1.807) is 0 Å². The molecule has 0 saturated heterocycles. The molecule has 0 saturated carbocycles. The third-order valence-corrected chi connectivity index (χ3v) is 4.27. The third kappa shape index (κ3) is 5.44. The van der Waals surface area contributed by atoms with E-state index in [9.17, 15) is 0 Å². The quantitative estimate of drug-likeness (QED) is 0.340. The van der Waals surface area contributed by atoms with Gasteiger partial charge in [0.2, 0.25) is 0 Å². The Balaban J connectivity index is 0.000000660. The van der Waals surface area contributed by atoms with Crippen LogP contribution in [-0.2, 0) is 0 Å². The molecule has 0 heteroatoms. The Morgan fingerprint density at radius 1 is 0.286 bits per heavy atom. The molecule has 0 amide bonds. The summed E-state index contributed by atoms with van der Waals surface area (Å²) >= 11 is 0. The fourth-order valence-corrected chi connectivity index (χ4v) is 3.02. The minimum atomic E-state index is 1.24. The minimum absolute atomic E-state index is 1.24. The highest BCUT2D eigenvalue weighted by Gasteiger charge is 2.03. The molecule has 4 aromatic carbocycles. The summed E-state index contributed by atoms with van der Waals surface area (Å²) in [6.07, 6.45) is 0. The molecule has 0 heterocycles. The highest BCUT2D eigenvalue weighted by molar-refractivity contribution is 5.76. The second-order valence-electron chi connectivity index (χ2n) is 5.89. The molecular formula is C28H30. The topological polar surface area (TPSA) is 0 Å². The van der Waals surface area contributed by atoms with Gasteiger partial charge in [-0.25, -0.2) is 0 Å². The van der Waals surface area contributed by atoms with Gasteiger partial charge in [0.25, 0.3) is 0 Å². The molecule has 0 radical (unpaired) electrons. The third-order valence-electron chi connectivity index (χ3n) is 4.27. The Morgan fingerprint density at radius 3 is 0.857 bits per heavy atom. The van der Waals surface area contributed by atoms with Crippen molar-refractivity contribution in [3.05, 3.63) is 109 Å². The number of hydrogen-bond donors (Lipinski definition) is 0. The van der Waals surface area contributed by atoms with Crippen LogP contribution in [0.2, 0.25) is 0 Å². The molecule has 4 aromatic rings. The average molecular weight is 367 g/mol. The molecule has 0 fully saturated rings. The molecule has 0 aliphatic carbocycles. The van der Waals surface area contributed by atoms with E-state index in [-0.39, 0.29) is 0 Å². The molecule has 0 aromatic heterocycles. The molecule has 0 N–H and O–H groups in total. The largest absolute Gasteiger partial charge is 0.0683 e. The van der Waals surface area contributed by atoms with E-state index in [1.807, 2.05) is 27.7 Å². The number of benzene rings is 4. The first-order valence-electron chi connectivity index (χ1n) is 10.2. The zero-order valence-electron chi connectivity index (χ0n) is 17.4. The standard InChI is InChI=1S/C24H18.2C2H6/c1-3-9-19(10-4-1)21-13-7-15-23(17-21)24-16-8-14-22(18-24)20-11-5-2-6-12-20;2*1-2/h1-18H;2*1-2H3. The van der Waals surface area contributed by atoms with Gasteiger partial charge < -0.3 is 0 Å². The lowest BCUT2D eigenvalue weighted by Crippen LogP contribution is -1.83. The van der Waals surface area contributed by atoms with Gasteiger partial charge >= 0.3 is 0 Å². The Hall–Kier alpha value is -3.12. The van der Waals surface area contributed by atoms with Crippen molar-refractivity contribution in [2.24, 2.45) is 0 Å². The van der Waals surface area contributed by atoms with Crippen LogP contribution in [0.5, 0.6) is 0 Å². The Kier molecular flexibility index (Phi) is 8.75. The van der Waals surface area contributed by atoms with Crippen molar-refractivity contribution in [3.8, 4) is 33.4 Å². The number of rotatable bonds is 3. The van der Waals surface area contributed by atoms with E-state index in [2.05, 4.69) is 109 Å². The van der Waals surface area contributed by atoms with Crippen molar-refractivity contribution in [2.75, 3.05) is 0 Å². The Bertz CT molecular complexity index is 857. The van der Waals surface area contributed by atoms with Crippen molar-refractivity contribution < 1.29 is 0 Å².